The van der Waals surface area contributed by atoms with E-state index in [1.54, 1.807) is 56.9 Å². The molecule has 0 fully saturated rings. The maximum atomic E-state index is 14.3. The van der Waals surface area contributed by atoms with Crippen LogP contribution < -0.4 is 24.4 Å². The molecule has 0 saturated heterocycles. The minimum absolute atomic E-state index is 0.175. The van der Waals surface area contributed by atoms with Crippen LogP contribution in [0, 0.1) is 0 Å². The molecule has 0 bridgehead atoms. The third-order valence-electron chi connectivity index (χ3n) is 7.69. The summed E-state index contributed by atoms with van der Waals surface area (Å²) in [6.45, 7) is 4.22. The number of benzene rings is 3. The number of halogens is 2. The van der Waals surface area contributed by atoms with Crippen LogP contribution in [-0.4, -0.2) is 35.9 Å². The monoisotopic (exact) mass is 661 g/mol. The van der Waals surface area contributed by atoms with Crippen LogP contribution in [0.4, 0.5) is 0 Å². The van der Waals surface area contributed by atoms with Gasteiger partial charge in [0.2, 0.25) is 0 Å². The van der Waals surface area contributed by atoms with E-state index in [-0.39, 0.29) is 17.7 Å². The Morgan fingerprint density at radius 1 is 1.04 bits per heavy atom. The van der Waals surface area contributed by atoms with E-state index in [0.29, 0.717) is 48.7 Å². The predicted molar refractivity (Wildman–Crippen MR) is 177 cm³/mol. The van der Waals surface area contributed by atoms with Gasteiger partial charge in [0.25, 0.3) is 5.56 Å². The van der Waals surface area contributed by atoms with Crippen LogP contribution >= 0.6 is 34.5 Å². The molecule has 0 saturated carbocycles. The average molecular weight is 663 g/mol. The molecule has 8 nitrogen and oxygen atoms in total. The van der Waals surface area contributed by atoms with Crippen LogP contribution in [0.1, 0.15) is 36.6 Å². The van der Waals surface area contributed by atoms with Crippen molar-refractivity contribution in [3.05, 3.63) is 125 Å². The molecule has 45 heavy (non-hydrogen) atoms. The van der Waals surface area contributed by atoms with Gasteiger partial charge in [0.05, 0.1) is 46.7 Å². The first kappa shape index (κ1) is 30.7. The maximum absolute atomic E-state index is 14.3. The molecule has 6 rings (SSSR count). The highest BCUT2D eigenvalue weighted by Gasteiger charge is 2.35. The molecule has 2 aromatic heterocycles. The van der Waals surface area contributed by atoms with E-state index in [1.165, 1.54) is 11.3 Å². The first-order valence-electron chi connectivity index (χ1n) is 14.2. The van der Waals surface area contributed by atoms with Crippen LogP contribution in [0.25, 0.3) is 17.0 Å². The van der Waals surface area contributed by atoms with Crippen molar-refractivity contribution in [3.8, 4) is 11.5 Å². The van der Waals surface area contributed by atoms with Crippen molar-refractivity contribution in [2.75, 3.05) is 20.8 Å². The molecule has 11 heteroatoms. The second-order valence-electron chi connectivity index (χ2n) is 10.4. The zero-order chi connectivity index (χ0) is 31.8. The number of allylic oxidation sites excluding steroid dienone is 1. The summed E-state index contributed by atoms with van der Waals surface area (Å²) in [5, 5.41) is 1.98. The highest BCUT2D eigenvalue weighted by Crippen LogP contribution is 2.38. The quantitative estimate of drug-likeness (QED) is 0.187. The Kier molecular flexibility index (Phi) is 8.59. The first-order valence-corrected chi connectivity index (χ1v) is 15.7. The van der Waals surface area contributed by atoms with Gasteiger partial charge in [0.15, 0.2) is 4.80 Å². The minimum atomic E-state index is -0.844. The fourth-order valence-corrected chi connectivity index (χ4v) is 6.99. The Bertz CT molecular complexity index is 2180. The standard InChI is InChI=1S/C34H29Cl2N3O5S/c1-5-44-33(41)30-19(2)37-34-39(31(30)24-16-22(42-3)11-13-28(24)43-4)32(40)29(45-34)15-21-18-38(27-9-7-6-8-23(21)27)17-20-10-12-25(35)26(36)14-20/h6-16,18,31H,5,17H2,1-4H3/b29-15+/t31-/m0/s1. The van der Waals surface area contributed by atoms with E-state index in [0.717, 1.165) is 22.0 Å². The number of carbonyl (C=O) groups excluding carboxylic acids is 1. The number of thiazole rings is 1. The number of rotatable bonds is 8. The van der Waals surface area contributed by atoms with Gasteiger partial charge >= 0.3 is 5.97 Å². The van der Waals surface area contributed by atoms with Gasteiger partial charge in [-0.1, -0.05) is 58.8 Å². The summed E-state index contributed by atoms with van der Waals surface area (Å²) < 4.78 is 20.8. The second-order valence-corrected chi connectivity index (χ2v) is 12.2. The molecular formula is C34H29Cl2N3O5S. The molecule has 1 atom stereocenters. The Labute approximate surface area is 273 Å². The lowest BCUT2D eigenvalue weighted by atomic mass is 9.94. The Morgan fingerprint density at radius 2 is 1.84 bits per heavy atom. The van der Waals surface area contributed by atoms with E-state index >= 15 is 0 Å². The van der Waals surface area contributed by atoms with Gasteiger partial charge in [-0.15, -0.1) is 0 Å². The molecule has 3 aromatic carbocycles. The molecule has 1 aliphatic rings. The number of ether oxygens (including phenoxy) is 3. The number of para-hydroxylation sites is 1. The number of aromatic nitrogens is 2. The fourth-order valence-electron chi connectivity index (χ4n) is 5.64. The largest absolute Gasteiger partial charge is 0.497 e. The Balaban J connectivity index is 1.54. The van der Waals surface area contributed by atoms with Crippen molar-refractivity contribution in [2.45, 2.75) is 26.4 Å². The van der Waals surface area contributed by atoms with Crippen LogP contribution in [0.3, 0.4) is 0 Å². The highest BCUT2D eigenvalue weighted by atomic mass is 35.5. The van der Waals surface area contributed by atoms with Crippen molar-refractivity contribution in [3.63, 3.8) is 0 Å². The summed E-state index contributed by atoms with van der Waals surface area (Å²) in [5.74, 6) is 0.506. The third-order valence-corrected chi connectivity index (χ3v) is 9.41. The normalized spacial score (nSPS) is 14.8. The number of hydrogen-bond donors (Lipinski definition) is 0. The summed E-state index contributed by atoms with van der Waals surface area (Å²) in [6, 6.07) is 18.0. The van der Waals surface area contributed by atoms with Crippen LogP contribution in [-0.2, 0) is 16.1 Å². The van der Waals surface area contributed by atoms with Crippen LogP contribution in [0.2, 0.25) is 10.0 Å². The molecule has 0 aliphatic carbocycles. The lowest BCUT2D eigenvalue weighted by molar-refractivity contribution is -0.139. The SMILES string of the molecule is CCOC(=O)C1=C(C)N=c2s/c(=C/c3cn(Cc4ccc(Cl)c(Cl)c4)c4ccccc34)c(=O)n2[C@H]1c1cc(OC)ccc1OC. The smallest absolute Gasteiger partial charge is 0.338 e. The number of fused-ring (bicyclic) bond motifs is 2. The fraction of sp³-hybridized carbons (Fsp3) is 0.206. The van der Waals surface area contributed by atoms with Crippen molar-refractivity contribution in [2.24, 2.45) is 4.99 Å². The van der Waals surface area contributed by atoms with E-state index in [9.17, 15) is 9.59 Å². The summed E-state index contributed by atoms with van der Waals surface area (Å²) in [7, 11) is 3.10. The van der Waals surface area contributed by atoms with Crippen molar-refractivity contribution in [1.82, 2.24) is 9.13 Å². The average Bonchev–Trinajstić information content (AvgIpc) is 3.54. The first-order chi connectivity index (χ1) is 21.7. The number of hydrogen-bond acceptors (Lipinski definition) is 7. The van der Waals surface area contributed by atoms with Gasteiger partial charge in [-0.2, -0.15) is 0 Å². The molecular weight excluding hydrogens is 633 g/mol. The lowest BCUT2D eigenvalue weighted by Crippen LogP contribution is -2.40. The van der Waals surface area contributed by atoms with Crippen LogP contribution in [0.15, 0.2) is 87.9 Å². The van der Waals surface area contributed by atoms with Gasteiger partial charge in [0, 0.05) is 34.8 Å². The predicted octanol–water partition coefficient (Wildman–Crippen LogP) is 6.13. The topological polar surface area (TPSA) is 84.1 Å². The molecule has 1 aliphatic heterocycles. The molecule has 0 N–H and O–H groups in total. The molecule has 0 radical (unpaired) electrons. The number of esters is 1. The zero-order valence-corrected chi connectivity index (χ0v) is 27.3. The van der Waals surface area contributed by atoms with Crippen molar-refractivity contribution >= 4 is 57.5 Å². The zero-order valence-electron chi connectivity index (χ0n) is 25.0. The molecule has 5 aromatic rings. The molecule has 230 valence electrons. The molecule has 0 spiro atoms. The molecule has 0 unspecified atom stereocenters. The third kappa shape index (κ3) is 5.67. The maximum Gasteiger partial charge on any atom is 0.338 e. The summed E-state index contributed by atoms with van der Waals surface area (Å²) >= 11 is 13.7. The minimum Gasteiger partial charge on any atom is -0.497 e. The van der Waals surface area contributed by atoms with Crippen molar-refractivity contribution < 1.29 is 19.0 Å². The number of carbonyl (C=O) groups is 1. The summed E-state index contributed by atoms with van der Waals surface area (Å²) in [4.78, 5) is 32.8. The van der Waals surface area contributed by atoms with Crippen LogP contribution in [0.5, 0.6) is 11.5 Å². The van der Waals surface area contributed by atoms with Gasteiger partial charge < -0.3 is 18.8 Å². The number of methoxy groups -OCH3 is 2. The Hall–Kier alpha value is -4.31. The Morgan fingerprint density at radius 3 is 2.58 bits per heavy atom. The van der Waals surface area contributed by atoms with Gasteiger partial charge in [-0.25, -0.2) is 9.79 Å². The van der Waals surface area contributed by atoms with E-state index in [2.05, 4.69) is 4.57 Å². The summed E-state index contributed by atoms with van der Waals surface area (Å²) in [6.07, 6.45) is 3.89. The van der Waals surface area contributed by atoms with Gasteiger partial charge in [-0.3, -0.25) is 9.36 Å². The second kappa shape index (κ2) is 12.6. The van der Waals surface area contributed by atoms with Crippen molar-refractivity contribution in [1.29, 1.82) is 0 Å². The van der Waals surface area contributed by atoms with E-state index in [1.807, 2.05) is 48.7 Å². The highest BCUT2D eigenvalue weighted by molar-refractivity contribution is 7.07. The molecule has 3 heterocycles. The van der Waals surface area contributed by atoms with Gasteiger partial charge in [-0.05, 0) is 61.9 Å². The summed E-state index contributed by atoms with van der Waals surface area (Å²) in [5.41, 5.74) is 3.89. The number of nitrogens with zero attached hydrogens (tertiary/aromatic N) is 3. The van der Waals surface area contributed by atoms with Gasteiger partial charge in [0.1, 0.15) is 17.5 Å². The van der Waals surface area contributed by atoms with E-state index < -0.39 is 12.0 Å². The molecule has 0 amide bonds. The lowest BCUT2D eigenvalue weighted by Gasteiger charge is -2.26. The van der Waals surface area contributed by atoms with E-state index in [4.69, 9.17) is 42.4 Å².